The number of hydrogen-bond donors (Lipinski definition) is 1. The van der Waals surface area contributed by atoms with E-state index in [-0.39, 0.29) is 18.2 Å². The van der Waals surface area contributed by atoms with Gasteiger partial charge in [-0.15, -0.1) is 0 Å². The van der Waals surface area contributed by atoms with Gasteiger partial charge in [0.2, 0.25) is 11.8 Å². The molecular weight excluding hydrogens is 374 g/mol. The molecule has 1 N–H and O–H groups in total. The highest BCUT2D eigenvalue weighted by atomic mass is 16.2. The molecule has 0 bridgehead atoms. The van der Waals surface area contributed by atoms with Gasteiger partial charge in [-0.25, -0.2) is 0 Å². The Balaban J connectivity index is 1.63. The number of anilines is 1. The minimum absolute atomic E-state index is 0.0606. The van der Waals surface area contributed by atoms with Crippen molar-refractivity contribution >= 4 is 17.5 Å². The third kappa shape index (κ3) is 6.01. The van der Waals surface area contributed by atoms with Crippen molar-refractivity contribution in [3.05, 3.63) is 95.3 Å². The number of carbonyl (C=O) groups excluding carboxylic acids is 2. The molecule has 0 unspecified atom stereocenters. The zero-order chi connectivity index (χ0) is 21.3. The fourth-order valence-corrected chi connectivity index (χ4v) is 3.12. The summed E-state index contributed by atoms with van der Waals surface area (Å²) in [6.45, 7) is 4.85. The van der Waals surface area contributed by atoms with E-state index in [2.05, 4.69) is 22.4 Å². The Morgan fingerprint density at radius 3 is 2.27 bits per heavy atom. The Morgan fingerprint density at radius 2 is 1.63 bits per heavy atom. The first-order valence-electron chi connectivity index (χ1n) is 10.2. The van der Waals surface area contributed by atoms with Gasteiger partial charge in [0, 0.05) is 18.3 Å². The minimum Gasteiger partial charge on any atom is -0.350 e. The van der Waals surface area contributed by atoms with E-state index >= 15 is 0 Å². The van der Waals surface area contributed by atoms with Crippen LogP contribution in [0.4, 0.5) is 5.69 Å². The van der Waals surface area contributed by atoms with Gasteiger partial charge in [0.25, 0.3) is 0 Å². The SMILES string of the molecule is CCC(=O)N(Cc1ccc(C)cc1)c1ccc(CC(=O)NCc2ccccn2)cc1. The largest absolute Gasteiger partial charge is 0.350 e. The normalized spacial score (nSPS) is 10.5. The van der Waals surface area contributed by atoms with Crippen molar-refractivity contribution in [3.63, 3.8) is 0 Å². The Bertz CT molecular complexity index is 968. The maximum atomic E-state index is 12.5. The number of aromatic nitrogens is 1. The van der Waals surface area contributed by atoms with Crippen molar-refractivity contribution in [2.24, 2.45) is 0 Å². The van der Waals surface area contributed by atoms with Crippen LogP contribution in [0.15, 0.2) is 72.9 Å². The summed E-state index contributed by atoms with van der Waals surface area (Å²) in [5.41, 5.74) is 4.83. The summed E-state index contributed by atoms with van der Waals surface area (Å²) in [7, 11) is 0. The number of aryl methyl sites for hydroxylation is 1. The summed E-state index contributed by atoms with van der Waals surface area (Å²) in [4.78, 5) is 30.7. The molecule has 154 valence electrons. The van der Waals surface area contributed by atoms with Crippen LogP contribution in [-0.4, -0.2) is 16.8 Å². The third-order valence-corrected chi connectivity index (χ3v) is 4.87. The molecule has 0 spiro atoms. The second-order valence-electron chi connectivity index (χ2n) is 7.26. The van der Waals surface area contributed by atoms with Crippen LogP contribution >= 0.6 is 0 Å². The lowest BCUT2D eigenvalue weighted by Crippen LogP contribution is -2.29. The highest BCUT2D eigenvalue weighted by molar-refractivity contribution is 5.93. The molecule has 0 radical (unpaired) electrons. The molecule has 3 rings (SSSR count). The first kappa shape index (κ1) is 21.2. The molecular formula is C25H27N3O2. The molecule has 2 amide bonds. The molecule has 5 nitrogen and oxygen atoms in total. The van der Waals surface area contributed by atoms with Gasteiger partial charge in [0.1, 0.15) is 0 Å². The van der Waals surface area contributed by atoms with Crippen LogP contribution in [0, 0.1) is 6.92 Å². The van der Waals surface area contributed by atoms with Crippen LogP contribution in [0.3, 0.4) is 0 Å². The quantitative estimate of drug-likeness (QED) is 0.616. The number of rotatable bonds is 8. The molecule has 3 aromatic rings. The predicted octanol–water partition coefficient (Wildman–Crippen LogP) is 4.19. The van der Waals surface area contributed by atoms with E-state index in [1.807, 2.05) is 68.4 Å². The molecule has 0 atom stereocenters. The van der Waals surface area contributed by atoms with E-state index in [1.165, 1.54) is 5.56 Å². The highest BCUT2D eigenvalue weighted by Gasteiger charge is 2.15. The number of carbonyl (C=O) groups is 2. The van der Waals surface area contributed by atoms with E-state index in [9.17, 15) is 9.59 Å². The molecule has 0 aliphatic heterocycles. The lowest BCUT2D eigenvalue weighted by Gasteiger charge is -2.23. The maximum Gasteiger partial charge on any atom is 0.227 e. The zero-order valence-corrected chi connectivity index (χ0v) is 17.5. The van der Waals surface area contributed by atoms with E-state index in [1.54, 1.807) is 11.1 Å². The topological polar surface area (TPSA) is 62.3 Å². The fourth-order valence-electron chi connectivity index (χ4n) is 3.12. The van der Waals surface area contributed by atoms with Gasteiger partial charge in [0.15, 0.2) is 0 Å². The summed E-state index contributed by atoms with van der Waals surface area (Å²) in [6, 6.07) is 21.4. The summed E-state index contributed by atoms with van der Waals surface area (Å²) >= 11 is 0. The molecule has 0 saturated heterocycles. The van der Waals surface area contributed by atoms with Crippen molar-refractivity contribution in [1.29, 1.82) is 0 Å². The van der Waals surface area contributed by atoms with Crippen LogP contribution in [0.25, 0.3) is 0 Å². The van der Waals surface area contributed by atoms with Crippen LogP contribution in [0.5, 0.6) is 0 Å². The molecule has 1 aromatic heterocycles. The highest BCUT2D eigenvalue weighted by Crippen LogP contribution is 2.20. The third-order valence-electron chi connectivity index (χ3n) is 4.87. The molecule has 0 fully saturated rings. The lowest BCUT2D eigenvalue weighted by atomic mass is 10.1. The van der Waals surface area contributed by atoms with Crippen molar-refractivity contribution in [2.75, 3.05) is 4.90 Å². The van der Waals surface area contributed by atoms with Crippen molar-refractivity contribution in [3.8, 4) is 0 Å². The van der Waals surface area contributed by atoms with Crippen molar-refractivity contribution < 1.29 is 9.59 Å². The van der Waals surface area contributed by atoms with Crippen LogP contribution in [0.2, 0.25) is 0 Å². The molecule has 0 aliphatic carbocycles. The number of hydrogen-bond acceptors (Lipinski definition) is 3. The standard InChI is InChI=1S/C25H27N3O2/c1-3-25(30)28(18-21-9-7-19(2)8-10-21)23-13-11-20(12-14-23)16-24(29)27-17-22-6-4-5-15-26-22/h4-15H,3,16-18H2,1-2H3,(H,27,29). The second kappa shape index (κ2) is 10.3. The van der Waals surface area contributed by atoms with Gasteiger partial charge in [-0.3, -0.25) is 14.6 Å². The van der Waals surface area contributed by atoms with Crippen LogP contribution in [0.1, 0.15) is 35.7 Å². The van der Waals surface area contributed by atoms with Crippen LogP contribution < -0.4 is 10.2 Å². The molecule has 0 saturated carbocycles. The first-order valence-corrected chi connectivity index (χ1v) is 10.2. The average Bonchev–Trinajstić information content (AvgIpc) is 2.78. The van der Waals surface area contributed by atoms with E-state index < -0.39 is 0 Å². The van der Waals surface area contributed by atoms with Crippen LogP contribution in [-0.2, 0) is 29.1 Å². The fraction of sp³-hybridized carbons (Fsp3) is 0.240. The lowest BCUT2D eigenvalue weighted by molar-refractivity contribution is -0.120. The van der Waals surface area contributed by atoms with Gasteiger partial charge >= 0.3 is 0 Å². The van der Waals surface area contributed by atoms with Gasteiger partial charge in [-0.05, 0) is 42.3 Å². The Hall–Kier alpha value is -3.47. The van der Waals surface area contributed by atoms with Gasteiger partial charge < -0.3 is 10.2 Å². The second-order valence-corrected chi connectivity index (χ2v) is 7.26. The van der Waals surface area contributed by atoms with Gasteiger partial charge in [0.05, 0.1) is 25.2 Å². The summed E-state index contributed by atoms with van der Waals surface area (Å²) in [5.74, 6) is 0.00554. The number of pyridine rings is 1. The number of benzene rings is 2. The Morgan fingerprint density at radius 1 is 0.933 bits per heavy atom. The summed E-state index contributed by atoms with van der Waals surface area (Å²) < 4.78 is 0. The monoisotopic (exact) mass is 401 g/mol. The molecule has 1 heterocycles. The number of nitrogens with one attached hydrogen (secondary N) is 1. The maximum absolute atomic E-state index is 12.5. The number of amides is 2. The van der Waals surface area contributed by atoms with Crippen molar-refractivity contribution in [1.82, 2.24) is 10.3 Å². The number of nitrogens with zero attached hydrogens (tertiary/aromatic N) is 2. The molecule has 30 heavy (non-hydrogen) atoms. The van der Waals surface area contributed by atoms with E-state index in [0.717, 1.165) is 22.5 Å². The Labute approximate surface area is 177 Å². The Kier molecular flexibility index (Phi) is 7.33. The molecule has 0 aliphatic rings. The van der Waals surface area contributed by atoms with Gasteiger partial charge in [-0.2, -0.15) is 0 Å². The van der Waals surface area contributed by atoms with Gasteiger partial charge in [-0.1, -0.05) is 55.0 Å². The summed E-state index contributed by atoms with van der Waals surface area (Å²) in [6.07, 6.45) is 2.43. The van der Waals surface area contributed by atoms with E-state index in [4.69, 9.17) is 0 Å². The van der Waals surface area contributed by atoms with Crippen molar-refractivity contribution in [2.45, 2.75) is 39.8 Å². The first-order chi connectivity index (χ1) is 14.5. The molecule has 5 heteroatoms. The minimum atomic E-state index is -0.0606. The summed E-state index contributed by atoms with van der Waals surface area (Å²) in [5, 5.41) is 2.88. The zero-order valence-electron chi connectivity index (χ0n) is 17.5. The van der Waals surface area contributed by atoms with E-state index in [0.29, 0.717) is 19.5 Å². The smallest absolute Gasteiger partial charge is 0.227 e. The average molecular weight is 402 g/mol. The predicted molar refractivity (Wildman–Crippen MR) is 119 cm³/mol. The molecule has 2 aromatic carbocycles.